The second kappa shape index (κ2) is 9.78. The molecule has 0 unspecified atom stereocenters. The Balaban J connectivity index is 1.24. The lowest BCUT2D eigenvalue weighted by atomic mass is 9.87. The summed E-state index contributed by atoms with van der Waals surface area (Å²) in [6, 6.07) is 14.5. The molecule has 1 fully saturated rings. The quantitative estimate of drug-likeness (QED) is 0.416. The van der Waals surface area contributed by atoms with Crippen LogP contribution in [0.4, 0.5) is 13.2 Å². The molecule has 0 aliphatic carbocycles. The van der Waals surface area contributed by atoms with E-state index in [4.69, 9.17) is 25.8 Å². The first-order valence-corrected chi connectivity index (χ1v) is 12.0. The van der Waals surface area contributed by atoms with E-state index in [2.05, 4.69) is 4.98 Å². The minimum atomic E-state index is -5.09. The maximum absolute atomic E-state index is 13.0. The fourth-order valence-corrected chi connectivity index (χ4v) is 5.02. The molecule has 0 amide bonds. The Morgan fingerprint density at radius 2 is 1.94 bits per heavy atom. The van der Waals surface area contributed by atoms with Gasteiger partial charge in [0.1, 0.15) is 35.3 Å². The molecule has 3 aromatic rings. The van der Waals surface area contributed by atoms with Crippen LogP contribution in [0.3, 0.4) is 0 Å². The van der Waals surface area contributed by atoms with Crippen LogP contribution in [0.1, 0.15) is 18.4 Å². The van der Waals surface area contributed by atoms with Crippen molar-refractivity contribution in [2.24, 2.45) is 0 Å². The van der Waals surface area contributed by atoms with Gasteiger partial charge in [-0.1, -0.05) is 29.8 Å². The predicted octanol–water partition coefficient (Wildman–Crippen LogP) is 5.21. The molecule has 2 aliphatic heterocycles. The van der Waals surface area contributed by atoms with Crippen LogP contribution >= 0.6 is 11.6 Å². The maximum atomic E-state index is 13.0. The van der Waals surface area contributed by atoms with Crippen LogP contribution in [0, 0.1) is 0 Å². The van der Waals surface area contributed by atoms with Gasteiger partial charge in [-0.15, -0.1) is 0 Å². The van der Waals surface area contributed by atoms with Crippen molar-refractivity contribution in [3.63, 3.8) is 0 Å². The Hall–Kier alpha value is -3.04. The van der Waals surface area contributed by atoms with Gasteiger partial charge in [-0.2, -0.15) is 13.2 Å². The summed E-state index contributed by atoms with van der Waals surface area (Å²) in [4.78, 5) is 17.9. The monoisotopic (exact) mass is 520 g/mol. The van der Waals surface area contributed by atoms with E-state index >= 15 is 0 Å². The van der Waals surface area contributed by atoms with Gasteiger partial charge < -0.3 is 14.2 Å². The minimum Gasteiger partial charge on any atom is -0.487 e. The first-order valence-electron chi connectivity index (χ1n) is 11.6. The number of alkyl halides is 3. The number of para-hydroxylation sites is 1. The van der Waals surface area contributed by atoms with Crippen molar-refractivity contribution in [1.29, 1.82) is 0 Å². The molecule has 0 N–H and O–H groups in total. The number of hydrogen-bond donors (Lipinski definition) is 0. The van der Waals surface area contributed by atoms with Gasteiger partial charge in [-0.25, -0.2) is 4.79 Å². The molecular formula is C26H24ClF3N2O4. The van der Waals surface area contributed by atoms with Gasteiger partial charge >= 0.3 is 12.1 Å². The lowest BCUT2D eigenvalue weighted by molar-refractivity contribution is -0.206. The number of piperidine rings is 1. The number of pyridine rings is 1. The molecule has 0 radical (unpaired) electrons. The van der Waals surface area contributed by atoms with Gasteiger partial charge in [-0.3, -0.25) is 9.88 Å². The zero-order chi connectivity index (χ0) is 25.3. The number of rotatable bonds is 6. The van der Waals surface area contributed by atoms with Gasteiger partial charge in [0.25, 0.3) is 0 Å². The van der Waals surface area contributed by atoms with Crippen LogP contribution in [0.15, 0.2) is 54.7 Å². The van der Waals surface area contributed by atoms with Crippen molar-refractivity contribution in [2.45, 2.75) is 37.1 Å². The van der Waals surface area contributed by atoms with Crippen LogP contribution < -0.4 is 9.47 Å². The van der Waals surface area contributed by atoms with Crippen molar-refractivity contribution in [3.8, 4) is 11.5 Å². The van der Waals surface area contributed by atoms with Crippen molar-refractivity contribution in [3.05, 3.63) is 65.3 Å². The largest absolute Gasteiger partial charge is 0.490 e. The van der Waals surface area contributed by atoms with Crippen LogP contribution in [-0.2, 0) is 16.0 Å². The smallest absolute Gasteiger partial charge is 0.487 e. The Kier molecular flexibility index (Phi) is 6.70. The van der Waals surface area contributed by atoms with E-state index in [1.54, 1.807) is 30.5 Å². The first kappa shape index (κ1) is 24.6. The lowest BCUT2D eigenvalue weighted by Gasteiger charge is -2.39. The second-order valence-corrected chi connectivity index (χ2v) is 9.62. The number of esters is 1. The van der Waals surface area contributed by atoms with Crippen LogP contribution in [0.5, 0.6) is 11.5 Å². The zero-order valence-electron chi connectivity index (χ0n) is 19.3. The van der Waals surface area contributed by atoms with Gasteiger partial charge in [0.2, 0.25) is 0 Å². The number of fused-ring (bicyclic) bond motifs is 2. The van der Waals surface area contributed by atoms with Crippen molar-refractivity contribution >= 4 is 28.5 Å². The number of hydrogen-bond acceptors (Lipinski definition) is 6. The Morgan fingerprint density at radius 3 is 2.72 bits per heavy atom. The molecule has 3 heterocycles. The summed E-state index contributed by atoms with van der Waals surface area (Å²) in [6.07, 6.45) is -2.48. The number of carbonyl (C=O) groups excluding carboxylic acids is 1. The van der Waals surface area contributed by atoms with Crippen LogP contribution in [0.2, 0.25) is 5.02 Å². The van der Waals surface area contributed by atoms with E-state index in [0.717, 1.165) is 23.1 Å². The fourth-order valence-electron chi connectivity index (χ4n) is 4.83. The average Bonchev–Trinajstić information content (AvgIpc) is 3.20. The summed E-state index contributed by atoms with van der Waals surface area (Å²) in [5.74, 6) is -0.997. The third-order valence-corrected chi connectivity index (χ3v) is 6.85. The zero-order valence-corrected chi connectivity index (χ0v) is 20.0. The molecule has 190 valence electrons. The Morgan fingerprint density at radius 1 is 1.17 bits per heavy atom. The van der Waals surface area contributed by atoms with Crippen molar-refractivity contribution in [1.82, 2.24) is 9.88 Å². The Labute approximate surface area is 210 Å². The van der Waals surface area contributed by atoms with E-state index in [9.17, 15) is 18.0 Å². The molecular weight excluding hydrogens is 497 g/mol. The number of benzene rings is 2. The molecule has 0 saturated carbocycles. The number of likely N-dealkylation sites (tertiary alicyclic amines) is 1. The van der Waals surface area contributed by atoms with E-state index in [0.29, 0.717) is 42.2 Å². The predicted molar refractivity (Wildman–Crippen MR) is 127 cm³/mol. The molecule has 1 aromatic heterocycles. The van der Waals surface area contributed by atoms with E-state index in [1.807, 2.05) is 29.2 Å². The summed E-state index contributed by atoms with van der Waals surface area (Å²) in [6.45, 7) is 1.03. The van der Waals surface area contributed by atoms with Gasteiger partial charge in [0.05, 0.1) is 0 Å². The van der Waals surface area contributed by atoms with Crippen molar-refractivity contribution in [2.75, 3.05) is 26.2 Å². The standard InChI is InChI=1S/C26H24ClF3N2O4/c27-19-6-7-21-18(13-19)14-25(36-21)8-11-32(12-9-25)15-20(35-24(33)26(28,29)30)16-34-22-5-1-3-17-4-2-10-31-23(17)22/h1-7,10,13,20H,8-9,11-12,14-16H2/t20-/m0/s1. The molecule has 1 spiro atoms. The van der Waals surface area contributed by atoms with Gasteiger partial charge in [-0.05, 0) is 35.9 Å². The molecule has 1 saturated heterocycles. The summed E-state index contributed by atoms with van der Waals surface area (Å²) < 4.78 is 55.8. The Bertz CT molecular complexity index is 1260. The number of nitrogens with zero attached hydrogens (tertiary/aromatic N) is 2. The highest BCUT2D eigenvalue weighted by molar-refractivity contribution is 6.30. The normalized spacial score (nSPS) is 18.0. The number of aromatic nitrogens is 1. The third-order valence-electron chi connectivity index (χ3n) is 6.62. The highest BCUT2D eigenvalue weighted by atomic mass is 35.5. The van der Waals surface area contributed by atoms with Gasteiger partial charge in [0, 0.05) is 55.5 Å². The van der Waals surface area contributed by atoms with E-state index < -0.39 is 18.2 Å². The summed E-state index contributed by atoms with van der Waals surface area (Å²) in [7, 11) is 0. The molecule has 5 rings (SSSR count). The minimum absolute atomic E-state index is 0.106. The van der Waals surface area contributed by atoms with Crippen LogP contribution in [-0.4, -0.2) is 60.0 Å². The second-order valence-electron chi connectivity index (χ2n) is 9.18. The SMILES string of the molecule is O=C(O[C@H](COc1cccc2cccnc12)CN1CCC2(CC1)Cc1cc(Cl)ccc1O2)C(F)(F)F. The van der Waals surface area contributed by atoms with Gasteiger partial charge in [0.15, 0.2) is 0 Å². The molecule has 2 aromatic carbocycles. The summed E-state index contributed by atoms with van der Waals surface area (Å²) in [5.41, 5.74) is 1.29. The lowest BCUT2D eigenvalue weighted by Crippen LogP contribution is -2.50. The molecule has 10 heteroatoms. The maximum Gasteiger partial charge on any atom is 0.490 e. The highest BCUT2D eigenvalue weighted by Crippen LogP contribution is 2.42. The van der Waals surface area contributed by atoms with E-state index in [1.165, 1.54) is 0 Å². The summed E-state index contributed by atoms with van der Waals surface area (Å²) >= 11 is 6.11. The third kappa shape index (κ3) is 5.37. The molecule has 2 aliphatic rings. The molecule has 1 atom stereocenters. The average molecular weight is 521 g/mol. The topological polar surface area (TPSA) is 60.9 Å². The van der Waals surface area contributed by atoms with Crippen LogP contribution in [0.25, 0.3) is 10.9 Å². The van der Waals surface area contributed by atoms with Crippen molar-refractivity contribution < 1.29 is 32.2 Å². The highest BCUT2D eigenvalue weighted by Gasteiger charge is 2.44. The molecule has 36 heavy (non-hydrogen) atoms. The summed E-state index contributed by atoms with van der Waals surface area (Å²) in [5, 5.41) is 1.49. The first-order chi connectivity index (χ1) is 17.2. The molecule has 6 nitrogen and oxygen atoms in total. The molecule has 0 bridgehead atoms. The number of halogens is 4. The fraction of sp³-hybridized carbons (Fsp3) is 0.385. The number of carbonyl (C=O) groups is 1. The van der Waals surface area contributed by atoms with E-state index in [-0.39, 0.29) is 18.8 Å². The number of ether oxygens (including phenoxy) is 3.